The molecule has 0 spiro atoms. The summed E-state index contributed by atoms with van der Waals surface area (Å²) >= 11 is 0. The number of aliphatic hydroxyl groups excluding tert-OH is 1. The van der Waals surface area contributed by atoms with E-state index in [1.807, 2.05) is 34.6 Å². The van der Waals surface area contributed by atoms with E-state index in [-0.39, 0.29) is 54.7 Å². The molecule has 4 aliphatic carbocycles. The lowest BCUT2D eigenvalue weighted by atomic mass is 9.43. The topological polar surface area (TPSA) is 126 Å². The van der Waals surface area contributed by atoms with Crippen LogP contribution in [-0.4, -0.2) is 45.4 Å². The SMILES string of the molecule is C/C(=C/C(=O)C[C@@H](C)C(=O)O)[C@H]1CC(=O)[C@@]2(C)C3=C(C(=O)C[C@]12C)[C@@]1(C)CC[C@H](O)C(C)(C)[C@H]1CC3=O. The summed E-state index contributed by atoms with van der Waals surface area (Å²) in [5, 5.41) is 19.9. The first kappa shape index (κ1) is 27.6. The molecular formula is C30H40O7. The van der Waals surface area contributed by atoms with Crippen molar-refractivity contribution in [1.82, 2.24) is 0 Å². The number of carboxylic acid groups (broad SMARTS) is 1. The van der Waals surface area contributed by atoms with Crippen LogP contribution in [0.25, 0.3) is 0 Å². The fourth-order valence-electron chi connectivity index (χ4n) is 8.42. The van der Waals surface area contributed by atoms with Crippen molar-refractivity contribution in [2.24, 2.45) is 39.4 Å². The molecule has 4 aliphatic rings. The Morgan fingerprint density at radius 1 is 1.03 bits per heavy atom. The molecule has 0 heterocycles. The highest BCUT2D eigenvalue weighted by molar-refractivity contribution is 6.16. The fourth-order valence-corrected chi connectivity index (χ4v) is 8.42. The third-order valence-electron chi connectivity index (χ3n) is 11.0. The van der Waals surface area contributed by atoms with Gasteiger partial charge < -0.3 is 10.2 Å². The van der Waals surface area contributed by atoms with Gasteiger partial charge >= 0.3 is 5.97 Å². The molecule has 2 N–H and O–H groups in total. The first-order valence-corrected chi connectivity index (χ1v) is 13.4. The average Bonchev–Trinajstić information content (AvgIpc) is 2.99. The molecule has 0 unspecified atom stereocenters. The smallest absolute Gasteiger partial charge is 0.306 e. The second kappa shape index (κ2) is 8.55. The van der Waals surface area contributed by atoms with Gasteiger partial charge in [0.2, 0.25) is 0 Å². The van der Waals surface area contributed by atoms with Gasteiger partial charge in [-0.1, -0.05) is 40.2 Å². The maximum atomic E-state index is 14.0. The second-order valence-electron chi connectivity index (χ2n) is 13.3. The normalized spacial score (nSPS) is 40.2. The lowest BCUT2D eigenvalue weighted by Crippen LogP contribution is -2.59. The van der Waals surface area contributed by atoms with Gasteiger partial charge in [0.1, 0.15) is 5.78 Å². The molecule has 0 aliphatic heterocycles. The zero-order valence-corrected chi connectivity index (χ0v) is 23.1. The van der Waals surface area contributed by atoms with Crippen LogP contribution in [0.2, 0.25) is 0 Å². The monoisotopic (exact) mass is 512 g/mol. The van der Waals surface area contributed by atoms with Crippen LogP contribution in [0.4, 0.5) is 0 Å². The van der Waals surface area contributed by atoms with Crippen molar-refractivity contribution in [3.05, 3.63) is 22.8 Å². The van der Waals surface area contributed by atoms with E-state index in [1.54, 1.807) is 6.92 Å². The van der Waals surface area contributed by atoms with E-state index >= 15 is 0 Å². The van der Waals surface area contributed by atoms with E-state index in [4.69, 9.17) is 5.11 Å². The van der Waals surface area contributed by atoms with Crippen molar-refractivity contribution in [3.63, 3.8) is 0 Å². The number of fused-ring (bicyclic) bond motifs is 4. The van der Waals surface area contributed by atoms with Crippen LogP contribution >= 0.6 is 0 Å². The Kier molecular flexibility index (Phi) is 6.38. The minimum atomic E-state index is -1.15. The Morgan fingerprint density at radius 3 is 2.24 bits per heavy atom. The number of Topliss-reactive ketones (excluding diaryl/α,β-unsaturated/α-hetero) is 3. The molecule has 4 rings (SSSR count). The highest BCUT2D eigenvalue weighted by Crippen LogP contribution is 2.69. The number of hydrogen-bond acceptors (Lipinski definition) is 6. The molecule has 0 radical (unpaired) electrons. The molecule has 7 heteroatoms. The van der Waals surface area contributed by atoms with Crippen molar-refractivity contribution in [3.8, 4) is 0 Å². The van der Waals surface area contributed by atoms with Crippen LogP contribution in [0.1, 0.15) is 87.0 Å². The van der Waals surface area contributed by atoms with Crippen LogP contribution in [-0.2, 0) is 24.0 Å². The third kappa shape index (κ3) is 3.67. The highest BCUT2D eigenvalue weighted by Gasteiger charge is 2.70. The molecule has 0 aromatic carbocycles. The van der Waals surface area contributed by atoms with Gasteiger partial charge in [0, 0.05) is 42.2 Å². The van der Waals surface area contributed by atoms with Crippen molar-refractivity contribution in [2.75, 3.05) is 0 Å². The summed E-state index contributed by atoms with van der Waals surface area (Å²) in [7, 11) is 0. The summed E-state index contributed by atoms with van der Waals surface area (Å²) in [5.41, 5.74) is -1.66. The summed E-state index contributed by atoms with van der Waals surface area (Å²) in [5.74, 6) is -3.18. The van der Waals surface area contributed by atoms with Gasteiger partial charge in [-0.05, 0) is 55.4 Å². The van der Waals surface area contributed by atoms with Gasteiger partial charge in [0.15, 0.2) is 17.3 Å². The van der Waals surface area contributed by atoms with Crippen molar-refractivity contribution in [1.29, 1.82) is 0 Å². The highest BCUT2D eigenvalue weighted by atomic mass is 16.4. The van der Waals surface area contributed by atoms with E-state index in [9.17, 15) is 29.1 Å². The zero-order chi connectivity index (χ0) is 27.9. The maximum Gasteiger partial charge on any atom is 0.306 e. The predicted octanol–water partition coefficient (Wildman–Crippen LogP) is 4.26. The Balaban J connectivity index is 1.81. The Labute approximate surface area is 218 Å². The molecule has 2 saturated carbocycles. The van der Waals surface area contributed by atoms with Gasteiger partial charge in [-0.2, -0.15) is 0 Å². The summed E-state index contributed by atoms with van der Waals surface area (Å²) in [4.78, 5) is 65.5. The third-order valence-corrected chi connectivity index (χ3v) is 11.0. The van der Waals surface area contributed by atoms with Crippen LogP contribution in [0.5, 0.6) is 0 Å². The minimum Gasteiger partial charge on any atom is -0.481 e. The van der Waals surface area contributed by atoms with E-state index < -0.39 is 45.6 Å². The maximum absolute atomic E-state index is 14.0. The fraction of sp³-hybridized carbons (Fsp3) is 0.700. The number of aliphatic hydroxyl groups is 1. The molecule has 0 aromatic heterocycles. The van der Waals surface area contributed by atoms with Gasteiger partial charge in [-0.15, -0.1) is 0 Å². The number of hydrogen-bond donors (Lipinski definition) is 2. The molecule has 202 valence electrons. The van der Waals surface area contributed by atoms with Crippen molar-refractivity contribution in [2.45, 2.75) is 93.1 Å². The molecule has 0 bridgehead atoms. The lowest BCUT2D eigenvalue weighted by Gasteiger charge is -2.59. The number of aliphatic carboxylic acids is 1. The average molecular weight is 513 g/mol. The Morgan fingerprint density at radius 2 is 1.65 bits per heavy atom. The van der Waals surface area contributed by atoms with Gasteiger partial charge in [-0.25, -0.2) is 0 Å². The Hall–Kier alpha value is -2.41. The molecule has 2 fully saturated rings. The van der Waals surface area contributed by atoms with Crippen molar-refractivity contribution >= 4 is 29.1 Å². The molecule has 7 atom stereocenters. The number of rotatable bonds is 5. The molecule has 0 amide bonds. The first-order valence-electron chi connectivity index (χ1n) is 13.4. The van der Waals surface area contributed by atoms with E-state index in [0.717, 1.165) is 0 Å². The molecule has 0 saturated heterocycles. The van der Waals surface area contributed by atoms with E-state index in [0.29, 0.717) is 29.6 Å². The standard InChI is InChI=1S/C30H40O7/c1-15(10-17(31)11-16(2)26(36)37)18-12-23(35)30(7)25-19(32)13-21-27(3,4)22(34)8-9-28(21,5)24(25)20(33)14-29(18,30)6/h10,16,18,21-22,34H,8-9,11-14H2,1-7H3,(H,36,37)/b15-10-/t16-,18-,21-,22+,28+,29-,30+/m1/s1. The first-order chi connectivity index (χ1) is 16.9. The number of carbonyl (C=O) groups excluding carboxylic acids is 4. The van der Waals surface area contributed by atoms with Crippen LogP contribution in [0, 0.1) is 39.4 Å². The molecule has 37 heavy (non-hydrogen) atoms. The molecular weight excluding hydrogens is 472 g/mol. The van der Waals surface area contributed by atoms with Gasteiger partial charge in [-0.3, -0.25) is 24.0 Å². The lowest BCUT2D eigenvalue weighted by molar-refractivity contribution is -0.144. The van der Waals surface area contributed by atoms with E-state index in [1.165, 1.54) is 13.0 Å². The van der Waals surface area contributed by atoms with Gasteiger partial charge in [0.05, 0.1) is 17.4 Å². The summed E-state index contributed by atoms with van der Waals surface area (Å²) < 4.78 is 0. The Bertz CT molecular complexity index is 1170. The second-order valence-corrected chi connectivity index (χ2v) is 13.3. The van der Waals surface area contributed by atoms with Crippen molar-refractivity contribution < 1.29 is 34.2 Å². The largest absolute Gasteiger partial charge is 0.481 e. The van der Waals surface area contributed by atoms with Crippen LogP contribution < -0.4 is 0 Å². The molecule has 0 aromatic rings. The summed E-state index contributed by atoms with van der Waals surface area (Å²) in [6, 6.07) is 0. The number of carbonyl (C=O) groups is 5. The van der Waals surface area contributed by atoms with Crippen LogP contribution in [0.3, 0.4) is 0 Å². The zero-order valence-electron chi connectivity index (χ0n) is 23.1. The number of carboxylic acids is 1. The van der Waals surface area contributed by atoms with Crippen LogP contribution in [0.15, 0.2) is 22.8 Å². The van der Waals surface area contributed by atoms with E-state index in [2.05, 4.69) is 0 Å². The minimum absolute atomic E-state index is 0.0930. The molecule has 7 nitrogen and oxygen atoms in total. The number of ketones is 4. The van der Waals surface area contributed by atoms with Gasteiger partial charge in [0.25, 0.3) is 0 Å². The predicted molar refractivity (Wildman–Crippen MR) is 136 cm³/mol. The summed E-state index contributed by atoms with van der Waals surface area (Å²) in [6.45, 7) is 12.9. The quantitative estimate of drug-likeness (QED) is 0.527. The number of allylic oxidation sites excluding steroid dienone is 4. The summed E-state index contributed by atoms with van der Waals surface area (Å²) in [6.07, 6.45) is 2.24.